The van der Waals surface area contributed by atoms with Crippen LogP contribution in [0.1, 0.15) is 44.9 Å². The molecular formula is C15H24N4O4. The number of hydrogen-bond acceptors (Lipinski definition) is 4. The van der Waals surface area contributed by atoms with Crippen LogP contribution in [0.2, 0.25) is 0 Å². The van der Waals surface area contributed by atoms with Crippen molar-refractivity contribution in [1.82, 2.24) is 15.5 Å². The van der Waals surface area contributed by atoms with Crippen molar-refractivity contribution in [3.63, 3.8) is 0 Å². The van der Waals surface area contributed by atoms with E-state index in [0.717, 1.165) is 32.1 Å². The summed E-state index contributed by atoms with van der Waals surface area (Å²) in [4.78, 5) is 48.7. The lowest BCUT2D eigenvalue weighted by Gasteiger charge is -2.37. The van der Waals surface area contributed by atoms with Gasteiger partial charge in [-0.3, -0.25) is 14.4 Å². The van der Waals surface area contributed by atoms with E-state index < -0.39 is 29.7 Å². The Bertz CT molecular complexity index is 494. The molecule has 4 amide bonds. The molecule has 0 spiro atoms. The SMILES string of the molecule is NC(=O)C(=O)CNC(=O)C1(NC(=O)N2CCCC2)CCCCC1. The Kier molecular flexibility index (Phi) is 5.57. The van der Waals surface area contributed by atoms with E-state index in [1.807, 2.05) is 0 Å². The lowest BCUT2D eigenvalue weighted by Crippen LogP contribution is -2.62. The Hall–Kier alpha value is -2.12. The van der Waals surface area contributed by atoms with Crippen LogP contribution < -0.4 is 16.4 Å². The van der Waals surface area contributed by atoms with E-state index in [2.05, 4.69) is 10.6 Å². The largest absolute Gasteiger partial charge is 0.363 e. The lowest BCUT2D eigenvalue weighted by molar-refractivity contribution is -0.137. The first kappa shape index (κ1) is 17.2. The van der Waals surface area contributed by atoms with Crippen LogP contribution in [0.3, 0.4) is 0 Å². The van der Waals surface area contributed by atoms with E-state index in [4.69, 9.17) is 5.73 Å². The van der Waals surface area contributed by atoms with Gasteiger partial charge in [0.15, 0.2) is 0 Å². The maximum absolute atomic E-state index is 12.5. The van der Waals surface area contributed by atoms with E-state index in [0.29, 0.717) is 25.9 Å². The summed E-state index contributed by atoms with van der Waals surface area (Å²) in [5.41, 5.74) is 3.88. The van der Waals surface area contributed by atoms with Crippen molar-refractivity contribution >= 4 is 23.6 Å². The number of hydrogen-bond donors (Lipinski definition) is 3. The van der Waals surface area contributed by atoms with Gasteiger partial charge in [0.25, 0.3) is 5.91 Å². The van der Waals surface area contributed by atoms with Crippen molar-refractivity contribution in [2.24, 2.45) is 5.73 Å². The maximum atomic E-state index is 12.5. The second kappa shape index (κ2) is 7.43. The van der Waals surface area contributed by atoms with Gasteiger partial charge in [-0.05, 0) is 25.7 Å². The number of likely N-dealkylation sites (tertiary alicyclic amines) is 1. The van der Waals surface area contributed by atoms with Gasteiger partial charge in [0.1, 0.15) is 5.54 Å². The van der Waals surface area contributed by atoms with Crippen molar-refractivity contribution in [1.29, 1.82) is 0 Å². The molecule has 0 radical (unpaired) electrons. The molecule has 0 atom stereocenters. The first-order valence-corrected chi connectivity index (χ1v) is 8.13. The molecule has 1 aliphatic heterocycles. The van der Waals surface area contributed by atoms with Crippen LogP contribution in [0.4, 0.5) is 4.79 Å². The summed E-state index contributed by atoms with van der Waals surface area (Å²) < 4.78 is 0. The third-order valence-corrected chi connectivity index (χ3v) is 4.57. The van der Waals surface area contributed by atoms with Gasteiger partial charge < -0.3 is 21.3 Å². The third-order valence-electron chi connectivity index (χ3n) is 4.57. The summed E-state index contributed by atoms with van der Waals surface area (Å²) >= 11 is 0. The summed E-state index contributed by atoms with van der Waals surface area (Å²) in [6, 6.07) is -0.235. The number of ketones is 1. The van der Waals surface area contributed by atoms with Crippen molar-refractivity contribution < 1.29 is 19.2 Å². The summed E-state index contributed by atoms with van der Waals surface area (Å²) in [7, 11) is 0. The molecule has 1 heterocycles. The van der Waals surface area contributed by atoms with Crippen LogP contribution in [0.15, 0.2) is 0 Å². The molecule has 0 aromatic rings. The van der Waals surface area contributed by atoms with Crippen molar-refractivity contribution in [3.8, 4) is 0 Å². The number of Topliss-reactive ketones (excluding diaryl/α,β-unsaturated/α-hetero) is 1. The molecule has 0 aromatic heterocycles. The monoisotopic (exact) mass is 324 g/mol. The van der Waals surface area contributed by atoms with E-state index in [9.17, 15) is 19.2 Å². The summed E-state index contributed by atoms with van der Waals surface area (Å²) in [5, 5.41) is 5.32. The number of carbonyl (C=O) groups is 4. The Morgan fingerprint density at radius 3 is 2.13 bits per heavy atom. The normalized spacial score (nSPS) is 19.9. The quantitative estimate of drug-likeness (QED) is 0.599. The lowest BCUT2D eigenvalue weighted by atomic mass is 9.81. The predicted octanol–water partition coefficient (Wildman–Crippen LogP) is -0.335. The number of rotatable bonds is 5. The standard InChI is InChI=1S/C15H24N4O4/c16-12(21)11(20)10-17-13(22)15(6-2-1-3-7-15)18-14(23)19-8-4-5-9-19/h1-10H2,(H2,16,21)(H,17,22)(H,18,23). The third kappa shape index (κ3) is 4.20. The predicted molar refractivity (Wildman–Crippen MR) is 82.4 cm³/mol. The first-order valence-electron chi connectivity index (χ1n) is 8.13. The molecule has 4 N–H and O–H groups in total. The number of carbonyl (C=O) groups excluding carboxylic acids is 4. The molecule has 2 rings (SSSR count). The van der Waals surface area contributed by atoms with Gasteiger partial charge in [0.2, 0.25) is 11.7 Å². The van der Waals surface area contributed by atoms with E-state index in [1.165, 1.54) is 0 Å². The minimum absolute atomic E-state index is 0.235. The molecule has 8 heteroatoms. The molecular weight excluding hydrogens is 300 g/mol. The smallest absolute Gasteiger partial charge is 0.318 e. The molecule has 1 aliphatic carbocycles. The minimum atomic E-state index is -1.08. The highest BCUT2D eigenvalue weighted by Gasteiger charge is 2.42. The van der Waals surface area contributed by atoms with E-state index in [1.54, 1.807) is 4.90 Å². The van der Waals surface area contributed by atoms with Crippen molar-refractivity contribution in [3.05, 3.63) is 0 Å². The fourth-order valence-corrected chi connectivity index (χ4v) is 3.18. The first-order chi connectivity index (χ1) is 10.9. The Morgan fingerprint density at radius 1 is 0.957 bits per heavy atom. The second-order valence-corrected chi connectivity index (χ2v) is 6.24. The number of nitrogens with one attached hydrogen (secondary N) is 2. The fraction of sp³-hybridized carbons (Fsp3) is 0.733. The minimum Gasteiger partial charge on any atom is -0.363 e. The van der Waals surface area contributed by atoms with Gasteiger partial charge in [-0.2, -0.15) is 0 Å². The molecule has 23 heavy (non-hydrogen) atoms. The van der Waals surface area contributed by atoms with Crippen LogP contribution in [-0.2, 0) is 14.4 Å². The highest BCUT2D eigenvalue weighted by atomic mass is 16.2. The zero-order valence-corrected chi connectivity index (χ0v) is 13.2. The highest BCUT2D eigenvalue weighted by Crippen LogP contribution is 2.29. The molecule has 0 bridgehead atoms. The molecule has 2 aliphatic rings. The summed E-state index contributed by atoms with van der Waals surface area (Å²) in [5.74, 6) is -2.35. The van der Waals surface area contributed by atoms with Crippen LogP contribution >= 0.6 is 0 Å². The molecule has 8 nitrogen and oxygen atoms in total. The number of urea groups is 1. The maximum Gasteiger partial charge on any atom is 0.318 e. The van der Waals surface area contributed by atoms with E-state index in [-0.39, 0.29) is 6.03 Å². The molecule has 1 saturated heterocycles. The zero-order chi connectivity index (χ0) is 16.9. The van der Waals surface area contributed by atoms with Gasteiger partial charge in [0.05, 0.1) is 6.54 Å². The molecule has 0 aromatic carbocycles. The molecule has 1 saturated carbocycles. The average molecular weight is 324 g/mol. The van der Waals surface area contributed by atoms with Crippen LogP contribution in [0.25, 0.3) is 0 Å². The molecule has 2 fully saturated rings. The summed E-state index contributed by atoms with van der Waals surface area (Å²) in [6.07, 6.45) is 5.68. The second-order valence-electron chi connectivity index (χ2n) is 6.24. The van der Waals surface area contributed by atoms with Crippen molar-refractivity contribution in [2.45, 2.75) is 50.5 Å². The fourth-order valence-electron chi connectivity index (χ4n) is 3.18. The topological polar surface area (TPSA) is 122 Å². The van der Waals surface area contributed by atoms with Crippen LogP contribution in [0.5, 0.6) is 0 Å². The number of primary amides is 1. The zero-order valence-electron chi connectivity index (χ0n) is 13.2. The van der Waals surface area contributed by atoms with E-state index >= 15 is 0 Å². The van der Waals surface area contributed by atoms with Gasteiger partial charge in [-0.1, -0.05) is 19.3 Å². The average Bonchev–Trinajstić information content (AvgIpc) is 3.07. The van der Waals surface area contributed by atoms with Gasteiger partial charge in [-0.15, -0.1) is 0 Å². The van der Waals surface area contributed by atoms with Gasteiger partial charge in [0, 0.05) is 13.1 Å². The Balaban J connectivity index is 2.02. The summed E-state index contributed by atoms with van der Waals surface area (Å²) in [6.45, 7) is 0.961. The molecule has 0 unspecified atom stereocenters. The van der Waals surface area contributed by atoms with Crippen molar-refractivity contribution in [2.75, 3.05) is 19.6 Å². The van der Waals surface area contributed by atoms with Gasteiger partial charge in [-0.25, -0.2) is 4.79 Å². The number of amides is 4. The van der Waals surface area contributed by atoms with Crippen LogP contribution in [0, 0.1) is 0 Å². The van der Waals surface area contributed by atoms with Gasteiger partial charge >= 0.3 is 6.03 Å². The Morgan fingerprint density at radius 2 is 1.57 bits per heavy atom. The number of nitrogens with zero attached hydrogens (tertiary/aromatic N) is 1. The van der Waals surface area contributed by atoms with Crippen LogP contribution in [-0.4, -0.2) is 53.7 Å². The Labute approximate surface area is 135 Å². The number of nitrogens with two attached hydrogens (primary N) is 1. The highest BCUT2D eigenvalue weighted by molar-refractivity contribution is 6.36. The molecule has 128 valence electrons.